The molecule has 88 valence electrons. The van der Waals surface area contributed by atoms with E-state index in [-0.39, 0.29) is 5.97 Å². The number of rotatable bonds is 3. The van der Waals surface area contributed by atoms with Gasteiger partial charge in [0.1, 0.15) is 0 Å². The summed E-state index contributed by atoms with van der Waals surface area (Å²) in [7, 11) is -1.44. The van der Waals surface area contributed by atoms with E-state index >= 15 is 0 Å². The maximum absolute atomic E-state index is 9.76. The van der Waals surface area contributed by atoms with Crippen LogP contribution in [0.3, 0.4) is 0 Å². The highest BCUT2D eigenvalue weighted by molar-refractivity contribution is 8.29. The fraction of sp³-hybridized carbons (Fsp3) is 0.308. The van der Waals surface area contributed by atoms with E-state index in [2.05, 4.69) is 0 Å². The molecule has 16 heavy (non-hydrogen) atoms. The molecule has 0 aliphatic carbocycles. The fourth-order valence-electron chi connectivity index (χ4n) is 1.18. The third-order valence-electron chi connectivity index (χ3n) is 2.37. The molecule has 0 saturated heterocycles. The van der Waals surface area contributed by atoms with E-state index < -0.39 is 10.3 Å². The third-order valence-corrected chi connectivity index (χ3v) is 4.35. The van der Waals surface area contributed by atoms with Gasteiger partial charge < -0.3 is 4.79 Å². The van der Waals surface area contributed by atoms with E-state index in [4.69, 9.17) is 4.18 Å². The predicted molar refractivity (Wildman–Crippen MR) is 71.6 cm³/mol. The Labute approximate surface area is 98.8 Å². The monoisotopic (exact) mass is 239 g/mol. The summed E-state index contributed by atoms with van der Waals surface area (Å²) in [6, 6.07) is 9.97. The summed E-state index contributed by atoms with van der Waals surface area (Å²) < 4.78 is 5.66. The Balaban J connectivity index is 2.84. The van der Waals surface area contributed by atoms with Gasteiger partial charge in [-0.25, -0.2) is 0 Å². The van der Waals surface area contributed by atoms with Gasteiger partial charge in [-0.15, -0.1) is 0 Å². The number of hydrogen-bond acceptors (Lipinski definition) is 1. The first-order valence-electron chi connectivity index (χ1n) is 5.14. The van der Waals surface area contributed by atoms with Crippen molar-refractivity contribution in [1.82, 2.24) is 0 Å². The molecule has 0 saturated carbocycles. The van der Waals surface area contributed by atoms with Crippen molar-refractivity contribution in [2.75, 3.05) is 12.5 Å². The van der Waals surface area contributed by atoms with Crippen molar-refractivity contribution < 1.29 is 8.98 Å². The van der Waals surface area contributed by atoms with Crippen molar-refractivity contribution in [3.63, 3.8) is 0 Å². The average molecular weight is 239 g/mol. The fourth-order valence-corrected chi connectivity index (χ4v) is 2.62. The summed E-state index contributed by atoms with van der Waals surface area (Å²) >= 11 is 0. The Kier molecular flexibility index (Phi) is 4.19. The minimum absolute atomic E-state index is 0.0198. The van der Waals surface area contributed by atoms with Crippen LogP contribution in [0.2, 0.25) is 0 Å². The van der Waals surface area contributed by atoms with E-state index in [0.717, 1.165) is 10.5 Å². The van der Waals surface area contributed by atoms with E-state index in [0.29, 0.717) is 0 Å². The summed E-state index contributed by atoms with van der Waals surface area (Å²) in [5.41, 5.74) is 0.761. The second-order valence-electron chi connectivity index (χ2n) is 3.91. The lowest BCUT2D eigenvalue weighted by Crippen LogP contribution is -2.11. The second-order valence-corrected chi connectivity index (χ2v) is 7.01. The second kappa shape index (κ2) is 5.21. The summed E-state index contributed by atoms with van der Waals surface area (Å²) in [6.45, 7) is 3.70. The molecule has 1 aromatic carbocycles. The predicted octanol–water partition coefficient (Wildman–Crippen LogP) is 3.51. The SMILES string of the molecule is CC=C(C)C(=[OH+])OS(C)(C)c1ccccc1. The van der Waals surface area contributed by atoms with Crippen molar-refractivity contribution in [3.05, 3.63) is 42.0 Å². The molecule has 0 aromatic heterocycles. The molecule has 2 nitrogen and oxygen atoms in total. The van der Waals surface area contributed by atoms with E-state index in [1.807, 2.05) is 62.8 Å². The van der Waals surface area contributed by atoms with Crippen LogP contribution in [0.4, 0.5) is 0 Å². The largest absolute Gasteiger partial charge is 0.525 e. The molecule has 0 aliphatic heterocycles. The molecule has 0 aliphatic rings. The van der Waals surface area contributed by atoms with Crippen LogP contribution in [-0.2, 0) is 4.18 Å². The van der Waals surface area contributed by atoms with Crippen molar-refractivity contribution in [3.8, 4) is 0 Å². The van der Waals surface area contributed by atoms with Crippen LogP contribution in [0.1, 0.15) is 13.8 Å². The lowest BCUT2D eigenvalue weighted by Gasteiger charge is -2.22. The van der Waals surface area contributed by atoms with Crippen LogP contribution in [0.15, 0.2) is 46.9 Å². The molecule has 0 amide bonds. The van der Waals surface area contributed by atoms with Crippen molar-refractivity contribution in [1.29, 1.82) is 0 Å². The van der Waals surface area contributed by atoms with Gasteiger partial charge in [-0.2, -0.15) is 0 Å². The Hall–Kier alpha value is -1.22. The highest BCUT2D eigenvalue weighted by atomic mass is 32.3. The van der Waals surface area contributed by atoms with Gasteiger partial charge >= 0.3 is 5.97 Å². The molecule has 0 unspecified atom stereocenters. The zero-order valence-electron chi connectivity index (χ0n) is 10.2. The van der Waals surface area contributed by atoms with Crippen LogP contribution in [0, 0.1) is 0 Å². The van der Waals surface area contributed by atoms with Crippen molar-refractivity contribution in [2.45, 2.75) is 18.7 Å². The number of benzene rings is 1. The molecule has 1 rings (SSSR count). The van der Waals surface area contributed by atoms with Crippen LogP contribution in [0.25, 0.3) is 0 Å². The molecule has 0 bridgehead atoms. The van der Waals surface area contributed by atoms with E-state index in [1.54, 1.807) is 0 Å². The summed E-state index contributed by atoms with van der Waals surface area (Å²) in [4.78, 5) is 10.9. The molecular weight excluding hydrogens is 220 g/mol. The maximum Gasteiger partial charge on any atom is 0.525 e. The minimum Gasteiger partial charge on any atom is -0.334 e. The van der Waals surface area contributed by atoms with Gasteiger partial charge in [0, 0.05) is 27.7 Å². The summed E-state index contributed by atoms with van der Waals surface area (Å²) in [5, 5.41) is 0. The quantitative estimate of drug-likeness (QED) is 0.586. The first kappa shape index (κ1) is 12.8. The van der Waals surface area contributed by atoms with Gasteiger partial charge in [-0.05, 0) is 26.0 Å². The first-order valence-corrected chi connectivity index (χ1v) is 7.52. The molecule has 1 aromatic rings. The highest BCUT2D eigenvalue weighted by Crippen LogP contribution is 2.50. The standard InChI is InChI=1S/C13H18O2S/c1-5-11(2)13(14)15-16(3,4)12-9-7-6-8-10-12/h5-10H,1-4H3/p+1. The van der Waals surface area contributed by atoms with Crippen molar-refractivity contribution in [2.24, 2.45) is 0 Å². The van der Waals surface area contributed by atoms with Gasteiger partial charge in [0.25, 0.3) is 0 Å². The molecule has 0 spiro atoms. The van der Waals surface area contributed by atoms with Crippen LogP contribution in [-0.4, -0.2) is 23.3 Å². The lowest BCUT2D eigenvalue weighted by atomic mass is 10.3. The summed E-state index contributed by atoms with van der Waals surface area (Å²) in [5.74, 6) is 0.0198. The Morgan fingerprint density at radius 2 is 1.81 bits per heavy atom. The zero-order valence-corrected chi connectivity index (χ0v) is 11.0. The Bertz CT molecular complexity index is 394. The molecule has 0 fully saturated rings. The van der Waals surface area contributed by atoms with Gasteiger partial charge in [-0.3, -0.25) is 4.18 Å². The molecule has 0 atom stereocenters. The molecular formula is C13H19O2S+. The van der Waals surface area contributed by atoms with Gasteiger partial charge in [0.05, 0.1) is 5.57 Å². The zero-order chi connectivity index (χ0) is 12.2. The topological polar surface area (TPSA) is 30.6 Å². The Morgan fingerprint density at radius 3 is 2.31 bits per heavy atom. The number of allylic oxidation sites excluding steroid dienone is 1. The van der Waals surface area contributed by atoms with Gasteiger partial charge in [0.2, 0.25) is 0 Å². The lowest BCUT2D eigenvalue weighted by molar-refractivity contribution is 0.507. The molecule has 0 heterocycles. The third kappa shape index (κ3) is 3.14. The van der Waals surface area contributed by atoms with E-state index in [1.165, 1.54) is 0 Å². The van der Waals surface area contributed by atoms with Crippen molar-refractivity contribution >= 4 is 16.3 Å². The van der Waals surface area contributed by atoms with Crippen LogP contribution in [0.5, 0.6) is 0 Å². The average Bonchev–Trinajstić information content (AvgIpc) is 2.28. The molecule has 1 N–H and O–H groups in total. The Morgan fingerprint density at radius 1 is 1.25 bits per heavy atom. The highest BCUT2D eigenvalue weighted by Gasteiger charge is 2.28. The number of carbonyl (C=O) groups excluding carboxylic acids is 1. The van der Waals surface area contributed by atoms with E-state index in [9.17, 15) is 4.79 Å². The van der Waals surface area contributed by atoms with Crippen LogP contribution < -0.4 is 0 Å². The molecule has 0 radical (unpaired) electrons. The van der Waals surface area contributed by atoms with Gasteiger partial charge in [0.15, 0.2) is 0 Å². The molecule has 3 heteroatoms. The normalized spacial score (nSPS) is 13.4. The van der Waals surface area contributed by atoms with Gasteiger partial charge in [-0.1, -0.05) is 24.3 Å². The smallest absolute Gasteiger partial charge is 0.334 e. The first-order chi connectivity index (χ1) is 7.47. The number of hydrogen-bond donors (Lipinski definition) is 0. The minimum atomic E-state index is -1.44. The van der Waals surface area contributed by atoms with Crippen LogP contribution >= 0.6 is 10.3 Å². The maximum atomic E-state index is 9.76. The summed E-state index contributed by atoms with van der Waals surface area (Å²) in [6.07, 6.45) is 5.86.